The van der Waals surface area contributed by atoms with E-state index < -0.39 is 5.60 Å². The zero-order chi connectivity index (χ0) is 25.4. The zero-order valence-electron chi connectivity index (χ0n) is 21.5. The van der Waals surface area contributed by atoms with Crippen molar-refractivity contribution in [2.24, 2.45) is 0 Å². The van der Waals surface area contributed by atoms with E-state index in [4.69, 9.17) is 4.42 Å². The van der Waals surface area contributed by atoms with E-state index in [-0.39, 0.29) is 5.91 Å². The molecule has 0 bridgehead atoms. The van der Waals surface area contributed by atoms with Crippen LogP contribution in [0, 0.1) is 0 Å². The van der Waals surface area contributed by atoms with Crippen molar-refractivity contribution in [2.45, 2.75) is 31.4 Å². The van der Waals surface area contributed by atoms with Gasteiger partial charge < -0.3 is 19.3 Å². The van der Waals surface area contributed by atoms with Gasteiger partial charge in [-0.15, -0.1) is 0 Å². The number of benzene rings is 3. The number of piperidine rings is 1. The fraction of sp³-hybridized carbons (Fsp3) is 0.387. The number of aliphatic hydroxyl groups is 1. The lowest BCUT2D eigenvalue weighted by molar-refractivity contribution is -0.0276. The van der Waals surface area contributed by atoms with E-state index >= 15 is 0 Å². The Labute approximate surface area is 218 Å². The first kappa shape index (κ1) is 24.2. The SMILES string of the molecule is CN1CCCN(C(=O)c2cc3cc(C4(O)CCN(Cc5ccc6ccccc6c5)CC4)ccc3o2)CC1. The van der Waals surface area contributed by atoms with Crippen LogP contribution in [0.15, 0.2) is 71.1 Å². The van der Waals surface area contributed by atoms with E-state index in [1.54, 1.807) is 0 Å². The Morgan fingerprint density at radius 1 is 0.865 bits per heavy atom. The van der Waals surface area contributed by atoms with Gasteiger partial charge in [0.05, 0.1) is 5.60 Å². The van der Waals surface area contributed by atoms with Gasteiger partial charge in [-0.25, -0.2) is 0 Å². The van der Waals surface area contributed by atoms with Crippen LogP contribution < -0.4 is 0 Å². The van der Waals surface area contributed by atoms with Crippen LogP contribution in [0.5, 0.6) is 0 Å². The van der Waals surface area contributed by atoms with Crippen LogP contribution in [0.3, 0.4) is 0 Å². The smallest absolute Gasteiger partial charge is 0.289 e. The van der Waals surface area contributed by atoms with Crippen LogP contribution in [0.4, 0.5) is 0 Å². The summed E-state index contributed by atoms with van der Waals surface area (Å²) in [5.41, 5.74) is 2.03. The molecule has 3 heterocycles. The van der Waals surface area contributed by atoms with Crippen LogP contribution in [0.1, 0.15) is 40.9 Å². The third kappa shape index (κ3) is 5.01. The molecule has 192 valence electrons. The molecule has 0 spiro atoms. The largest absolute Gasteiger partial charge is 0.451 e. The minimum absolute atomic E-state index is 0.0474. The Morgan fingerprint density at radius 2 is 1.68 bits per heavy atom. The maximum absolute atomic E-state index is 13.1. The van der Waals surface area contributed by atoms with E-state index in [1.165, 1.54) is 16.3 Å². The molecule has 1 amide bonds. The number of likely N-dealkylation sites (N-methyl/N-ethyl adjacent to an activating group) is 1. The van der Waals surface area contributed by atoms with Crippen molar-refractivity contribution >= 4 is 27.6 Å². The number of furan rings is 1. The second kappa shape index (κ2) is 9.93. The van der Waals surface area contributed by atoms with Gasteiger partial charge in [-0.3, -0.25) is 9.69 Å². The van der Waals surface area contributed by atoms with Crippen LogP contribution in [-0.2, 0) is 12.1 Å². The molecule has 37 heavy (non-hydrogen) atoms. The Bertz CT molecular complexity index is 1420. The molecule has 6 nitrogen and oxygen atoms in total. The van der Waals surface area contributed by atoms with Crippen LogP contribution >= 0.6 is 0 Å². The van der Waals surface area contributed by atoms with E-state index in [2.05, 4.69) is 59.3 Å². The molecular formula is C31H35N3O3. The second-order valence-corrected chi connectivity index (χ2v) is 10.8. The van der Waals surface area contributed by atoms with E-state index in [1.807, 2.05) is 29.2 Å². The van der Waals surface area contributed by atoms with Gasteiger partial charge >= 0.3 is 0 Å². The van der Waals surface area contributed by atoms with Crippen molar-refractivity contribution in [3.8, 4) is 0 Å². The number of fused-ring (bicyclic) bond motifs is 2. The van der Waals surface area contributed by atoms with Crippen molar-refractivity contribution < 1.29 is 14.3 Å². The molecule has 0 atom stereocenters. The predicted octanol–water partition coefficient (Wildman–Crippen LogP) is 4.85. The molecular weight excluding hydrogens is 462 g/mol. The van der Waals surface area contributed by atoms with Gasteiger partial charge in [-0.2, -0.15) is 0 Å². The number of carbonyl (C=O) groups is 1. The molecule has 2 fully saturated rings. The lowest BCUT2D eigenvalue weighted by Gasteiger charge is -2.38. The molecule has 1 aromatic heterocycles. The summed E-state index contributed by atoms with van der Waals surface area (Å²) in [6, 6.07) is 22.8. The van der Waals surface area contributed by atoms with Gasteiger partial charge in [0.25, 0.3) is 5.91 Å². The standard InChI is InChI=1S/C31H35N3O3/c1-32-13-4-14-34(18-17-32)30(35)29-21-26-20-27(9-10-28(26)37-29)31(36)11-15-33(16-12-31)22-23-7-8-24-5-2-3-6-25(24)19-23/h2-3,5-10,19-21,36H,4,11-18,22H2,1H3. The van der Waals surface area contributed by atoms with Crippen molar-refractivity contribution in [1.29, 1.82) is 0 Å². The Balaban J connectivity index is 1.13. The highest BCUT2D eigenvalue weighted by molar-refractivity contribution is 5.96. The average Bonchev–Trinajstić information content (AvgIpc) is 3.23. The van der Waals surface area contributed by atoms with E-state index in [9.17, 15) is 9.90 Å². The first-order valence-electron chi connectivity index (χ1n) is 13.4. The Kier molecular flexibility index (Phi) is 6.49. The molecule has 1 N–H and O–H groups in total. The average molecular weight is 498 g/mol. The van der Waals surface area contributed by atoms with Crippen molar-refractivity contribution in [1.82, 2.24) is 14.7 Å². The molecule has 0 unspecified atom stereocenters. The molecule has 2 aliphatic rings. The molecule has 2 saturated heterocycles. The van der Waals surface area contributed by atoms with Gasteiger partial charge in [-0.05, 0) is 79.0 Å². The number of carbonyl (C=O) groups excluding carboxylic acids is 1. The first-order valence-corrected chi connectivity index (χ1v) is 13.4. The van der Waals surface area contributed by atoms with Gasteiger partial charge in [0, 0.05) is 44.7 Å². The summed E-state index contributed by atoms with van der Waals surface area (Å²) in [7, 11) is 2.09. The fourth-order valence-electron chi connectivity index (χ4n) is 5.81. The van der Waals surface area contributed by atoms with E-state index in [0.717, 1.165) is 56.6 Å². The summed E-state index contributed by atoms with van der Waals surface area (Å²) in [4.78, 5) is 19.7. The van der Waals surface area contributed by atoms with Crippen molar-refractivity contribution in [3.05, 3.63) is 83.6 Å². The quantitative estimate of drug-likeness (QED) is 0.437. The lowest BCUT2D eigenvalue weighted by Crippen LogP contribution is -2.42. The van der Waals surface area contributed by atoms with Gasteiger partial charge in [0.2, 0.25) is 0 Å². The highest BCUT2D eigenvalue weighted by atomic mass is 16.3. The highest BCUT2D eigenvalue weighted by Crippen LogP contribution is 2.35. The molecule has 6 heteroatoms. The maximum Gasteiger partial charge on any atom is 0.289 e. The van der Waals surface area contributed by atoms with Gasteiger partial charge in [0.1, 0.15) is 5.58 Å². The molecule has 0 aliphatic carbocycles. The summed E-state index contributed by atoms with van der Waals surface area (Å²) in [6.45, 7) is 5.90. The predicted molar refractivity (Wildman–Crippen MR) is 147 cm³/mol. The fourth-order valence-corrected chi connectivity index (χ4v) is 5.81. The van der Waals surface area contributed by atoms with Crippen LogP contribution in [0.25, 0.3) is 21.7 Å². The van der Waals surface area contributed by atoms with Crippen LogP contribution in [0.2, 0.25) is 0 Å². The second-order valence-electron chi connectivity index (χ2n) is 10.8. The number of rotatable bonds is 4. The summed E-state index contributed by atoms with van der Waals surface area (Å²) in [6.07, 6.45) is 2.32. The Hall–Kier alpha value is -3.19. The lowest BCUT2D eigenvalue weighted by atomic mass is 9.84. The topological polar surface area (TPSA) is 60.2 Å². The number of hydrogen-bond acceptors (Lipinski definition) is 5. The summed E-state index contributed by atoms with van der Waals surface area (Å²) < 4.78 is 5.95. The highest BCUT2D eigenvalue weighted by Gasteiger charge is 2.34. The number of amides is 1. The first-order chi connectivity index (χ1) is 18.0. The van der Waals surface area contributed by atoms with Crippen molar-refractivity contribution in [2.75, 3.05) is 46.3 Å². The third-order valence-corrected chi connectivity index (χ3v) is 8.17. The Morgan fingerprint density at radius 3 is 2.51 bits per heavy atom. The van der Waals surface area contributed by atoms with Gasteiger partial charge in [-0.1, -0.05) is 42.5 Å². The van der Waals surface area contributed by atoms with E-state index in [0.29, 0.717) is 30.7 Å². The molecule has 4 aromatic rings. The molecule has 2 aliphatic heterocycles. The van der Waals surface area contributed by atoms with Crippen LogP contribution in [-0.4, -0.2) is 72.0 Å². The minimum Gasteiger partial charge on any atom is -0.451 e. The monoisotopic (exact) mass is 497 g/mol. The summed E-state index contributed by atoms with van der Waals surface area (Å²) in [5, 5.41) is 15.0. The molecule has 6 rings (SSSR count). The molecule has 0 saturated carbocycles. The zero-order valence-corrected chi connectivity index (χ0v) is 21.5. The third-order valence-electron chi connectivity index (χ3n) is 8.17. The summed E-state index contributed by atoms with van der Waals surface area (Å²) >= 11 is 0. The minimum atomic E-state index is -0.870. The number of nitrogens with zero attached hydrogens (tertiary/aromatic N) is 3. The molecule has 3 aromatic carbocycles. The van der Waals surface area contributed by atoms with Crippen molar-refractivity contribution in [3.63, 3.8) is 0 Å². The maximum atomic E-state index is 13.1. The number of hydrogen-bond donors (Lipinski definition) is 1. The van der Waals surface area contributed by atoms with Gasteiger partial charge in [0.15, 0.2) is 5.76 Å². The number of likely N-dealkylation sites (tertiary alicyclic amines) is 1. The normalized spacial score (nSPS) is 19.4. The summed E-state index contributed by atoms with van der Waals surface area (Å²) in [5.74, 6) is 0.336. The molecule has 0 radical (unpaired) electrons.